The van der Waals surface area contributed by atoms with Crippen molar-refractivity contribution in [2.75, 3.05) is 25.5 Å². The van der Waals surface area contributed by atoms with Crippen LogP contribution in [0, 0.1) is 0 Å². The van der Waals surface area contributed by atoms with Crippen LogP contribution in [0.25, 0.3) is 11.1 Å². The molecule has 0 aliphatic carbocycles. The number of benzene rings is 2. The maximum atomic E-state index is 12.6. The molecule has 2 aromatic rings. The molecule has 0 bridgehead atoms. The quantitative estimate of drug-likeness (QED) is 0.622. The number of rotatable bonds is 6. The lowest BCUT2D eigenvalue weighted by Gasteiger charge is -2.28. The van der Waals surface area contributed by atoms with Crippen molar-refractivity contribution in [3.05, 3.63) is 54.1 Å². The fourth-order valence-corrected chi connectivity index (χ4v) is 3.74. The summed E-state index contributed by atoms with van der Waals surface area (Å²) in [6.07, 6.45) is 2.07. The van der Waals surface area contributed by atoms with Gasteiger partial charge in [-0.15, -0.1) is 0 Å². The van der Waals surface area contributed by atoms with E-state index in [4.69, 9.17) is 9.47 Å². The number of anilines is 1. The highest BCUT2D eigenvalue weighted by Gasteiger charge is 2.21. The lowest BCUT2D eigenvalue weighted by Crippen LogP contribution is -2.36. The molecule has 1 aliphatic heterocycles. The number of nitrogens with zero attached hydrogens (tertiary/aromatic N) is 1. The van der Waals surface area contributed by atoms with E-state index in [1.807, 2.05) is 69.3 Å². The van der Waals surface area contributed by atoms with Gasteiger partial charge in [-0.1, -0.05) is 36.4 Å². The average molecular weight is 439 g/mol. The zero-order chi connectivity index (χ0) is 23.1. The van der Waals surface area contributed by atoms with Crippen molar-refractivity contribution in [3.63, 3.8) is 0 Å². The number of carbonyl (C=O) groups is 2. The van der Waals surface area contributed by atoms with E-state index < -0.39 is 11.7 Å². The summed E-state index contributed by atoms with van der Waals surface area (Å²) in [6, 6.07) is 15.7. The number of hydrogen-bond acceptors (Lipinski definition) is 5. The first-order chi connectivity index (χ1) is 15.2. The minimum absolute atomic E-state index is 0.0560. The van der Waals surface area contributed by atoms with Crippen LogP contribution in [0.1, 0.15) is 45.6 Å². The van der Waals surface area contributed by atoms with Gasteiger partial charge in [0.15, 0.2) is 0 Å². The molecule has 1 saturated heterocycles. The van der Waals surface area contributed by atoms with Gasteiger partial charge in [0.25, 0.3) is 0 Å². The van der Waals surface area contributed by atoms with Gasteiger partial charge in [0.2, 0.25) is 0 Å². The molecule has 1 aliphatic rings. The summed E-state index contributed by atoms with van der Waals surface area (Å²) in [6.45, 7) is 7.45. The molecule has 172 valence electrons. The minimum Gasteiger partial charge on any atom is -0.460 e. The molecule has 32 heavy (non-hydrogen) atoms. The zero-order valence-corrected chi connectivity index (χ0v) is 19.5. The van der Waals surface area contributed by atoms with Crippen LogP contribution in [-0.2, 0) is 20.7 Å². The van der Waals surface area contributed by atoms with Gasteiger partial charge in [-0.3, -0.25) is 10.1 Å². The molecule has 3 rings (SSSR count). The van der Waals surface area contributed by atoms with Gasteiger partial charge in [0, 0.05) is 25.1 Å². The van der Waals surface area contributed by atoms with E-state index in [-0.39, 0.29) is 12.1 Å². The predicted molar refractivity (Wildman–Crippen MR) is 127 cm³/mol. The van der Waals surface area contributed by atoms with Gasteiger partial charge in [-0.05, 0) is 70.3 Å². The Balaban J connectivity index is 1.71. The molecule has 1 N–H and O–H groups in total. The lowest BCUT2D eigenvalue weighted by atomic mass is 9.99. The SMILES string of the molecule is CN1CCC(OC(=O)Nc2ccc(CCC(=O)OC(C)(C)C)cc2-c2ccccc2)CC1. The number of likely N-dealkylation sites (tertiary alicyclic amines) is 1. The Kier molecular flexibility index (Phi) is 7.91. The van der Waals surface area contributed by atoms with Crippen LogP contribution in [0.15, 0.2) is 48.5 Å². The molecule has 2 aromatic carbocycles. The average Bonchev–Trinajstić information content (AvgIpc) is 2.74. The number of ether oxygens (including phenoxy) is 2. The Morgan fingerprint density at radius 1 is 1.06 bits per heavy atom. The summed E-state index contributed by atoms with van der Waals surface area (Å²) in [5.74, 6) is -0.220. The van der Waals surface area contributed by atoms with Gasteiger partial charge in [0.05, 0.1) is 5.69 Å². The molecule has 0 radical (unpaired) electrons. The van der Waals surface area contributed by atoms with E-state index in [1.165, 1.54) is 0 Å². The second kappa shape index (κ2) is 10.6. The second-order valence-corrected chi connectivity index (χ2v) is 9.37. The monoisotopic (exact) mass is 438 g/mol. The van der Waals surface area contributed by atoms with Crippen molar-refractivity contribution >= 4 is 17.7 Å². The molecule has 0 unspecified atom stereocenters. The first-order valence-corrected chi connectivity index (χ1v) is 11.3. The van der Waals surface area contributed by atoms with Gasteiger partial charge in [0.1, 0.15) is 11.7 Å². The summed E-state index contributed by atoms with van der Waals surface area (Å²) in [5, 5.41) is 2.92. The Labute approximate surface area is 190 Å². The number of carbonyl (C=O) groups excluding carboxylic acids is 2. The van der Waals surface area contributed by atoms with Crippen molar-refractivity contribution in [1.29, 1.82) is 0 Å². The van der Waals surface area contributed by atoms with Crippen molar-refractivity contribution < 1.29 is 19.1 Å². The summed E-state index contributed by atoms with van der Waals surface area (Å²) >= 11 is 0. The maximum Gasteiger partial charge on any atom is 0.411 e. The van der Waals surface area contributed by atoms with Crippen LogP contribution >= 0.6 is 0 Å². The number of hydrogen-bond donors (Lipinski definition) is 1. The Bertz CT molecular complexity index is 913. The molecular weight excluding hydrogens is 404 g/mol. The molecule has 0 saturated carbocycles. The van der Waals surface area contributed by atoms with E-state index in [0.717, 1.165) is 42.6 Å². The molecule has 1 heterocycles. The highest BCUT2D eigenvalue weighted by atomic mass is 16.6. The van der Waals surface area contributed by atoms with Gasteiger partial charge in [-0.25, -0.2) is 4.79 Å². The van der Waals surface area contributed by atoms with Crippen LogP contribution in [0.4, 0.5) is 10.5 Å². The normalized spacial score (nSPS) is 15.2. The van der Waals surface area contributed by atoms with Crippen LogP contribution in [0.5, 0.6) is 0 Å². The third kappa shape index (κ3) is 7.38. The Morgan fingerprint density at radius 2 is 1.75 bits per heavy atom. The molecule has 0 atom stereocenters. The maximum absolute atomic E-state index is 12.6. The van der Waals surface area contributed by atoms with Gasteiger partial charge < -0.3 is 14.4 Å². The fourth-order valence-electron chi connectivity index (χ4n) is 3.74. The largest absolute Gasteiger partial charge is 0.460 e. The smallest absolute Gasteiger partial charge is 0.411 e. The number of piperidine rings is 1. The number of amides is 1. The molecule has 1 amide bonds. The number of esters is 1. The molecule has 0 spiro atoms. The van der Waals surface area contributed by atoms with E-state index in [1.54, 1.807) is 0 Å². The van der Waals surface area contributed by atoms with Crippen molar-refractivity contribution in [3.8, 4) is 11.1 Å². The van der Waals surface area contributed by atoms with E-state index in [9.17, 15) is 9.59 Å². The van der Waals surface area contributed by atoms with Gasteiger partial charge in [-0.2, -0.15) is 0 Å². The fraction of sp³-hybridized carbons (Fsp3) is 0.462. The molecule has 6 nitrogen and oxygen atoms in total. The predicted octanol–water partition coefficient (Wildman–Crippen LogP) is 5.27. The molecule has 1 fully saturated rings. The molecule has 0 aromatic heterocycles. The highest BCUT2D eigenvalue weighted by Crippen LogP contribution is 2.30. The van der Waals surface area contributed by atoms with Crippen LogP contribution < -0.4 is 5.32 Å². The first kappa shape index (κ1) is 23.8. The third-order valence-corrected chi connectivity index (χ3v) is 5.38. The van der Waals surface area contributed by atoms with E-state index in [2.05, 4.69) is 17.3 Å². The summed E-state index contributed by atoms with van der Waals surface area (Å²) in [4.78, 5) is 26.9. The van der Waals surface area contributed by atoms with Crippen LogP contribution in [0.3, 0.4) is 0 Å². The zero-order valence-electron chi connectivity index (χ0n) is 19.5. The Hall–Kier alpha value is -2.86. The standard InChI is InChI=1S/C26H34N2O4/c1-26(2,3)32-24(29)13-11-19-10-12-23(22(18-19)20-8-6-5-7-9-20)27-25(30)31-21-14-16-28(4)17-15-21/h5-10,12,18,21H,11,13-17H2,1-4H3,(H,27,30). The minimum atomic E-state index is -0.492. The second-order valence-electron chi connectivity index (χ2n) is 9.37. The van der Waals surface area contributed by atoms with Crippen LogP contribution in [-0.4, -0.2) is 48.8 Å². The van der Waals surface area contributed by atoms with Crippen molar-refractivity contribution in [1.82, 2.24) is 4.90 Å². The lowest BCUT2D eigenvalue weighted by molar-refractivity contribution is -0.154. The summed E-state index contributed by atoms with van der Waals surface area (Å²) in [5.41, 5.74) is 3.08. The summed E-state index contributed by atoms with van der Waals surface area (Å²) in [7, 11) is 2.08. The summed E-state index contributed by atoms with van der Waals surface area (Å²) < 4.78 is 11.1. The van der Waals surface area contributed by atoms with Crippen molar-refractivity contribution in [2.45, 2.75) is 58.2 Å². The molecule has 6 heteroatoms. The Morgan fingerprint density at radius 3 is 2.41 bits per heavy atom. The van der Waals surface area contributed by atoms with E-state index in [0.29, 0.717) is 18.5 Å². The van der Waals surface area contributed by atoms with Gasteiger partial charge >= 0.3 is 12.1 Å². The topological polar surface area (TPSA) is 67.9 Å². The first-order valence-electron chi connectivity index (χ1n) is 11.3. The van der Waals surface area contributed by atoms with Crippen LogP contribution in [0.2, 0.25) is 0 Å². The molecular formula is C26H34N2O4. The van der Waals surface area contributed by atoms with E-state index >= 15 is 0 Å². The van der Waals surface area contributed by atoms with Crippen molar-refractivity contribution in [2.24, 2.45) is 0 Å². The third-order valence-electron chi connectivity index (χ3n) is 5.38. The number of aryl methyl sites for hydroxylation is 1. The number of nitrogens with one attached hydrogen (secondary N) is 1. The highest BCUT2D eigenvalue weighted by molar-refractivity contribution is 5.91.